The van der Waals surface area contributed by atoms with Gasteiger partial charge in [-0.15, -0.1) is 0 Å². The van der Waals surface area contributed by atoms with Crippen LogP contribution in [-0.4, -0.2) is 6.04 Å². The Labute approximate surface area is 114 Å². The van der Waals surface area contributed by atoms with E-state index in [0.717, 1.165) is 24.2 Å². The predicted octanol–water partition coefficient (Wildman–Crippen LogP) is 4.52. The molecule has 0 aliphatic carbocycles. The monoisotopic (exact) mass is 250 g/mol. The maximum Gasteiger partial charge on any atom is 0.121 e. The molecule has 0 aromatic heterocycles. The first-order valence-corrected chi connectivity index (χ1v) is 6.65. The van der Waals surface area contributed by atoms with Crippen molar-refractivity contribution in [1.82, 2.24) is 0 Å². The molecule has 0 amide bonds. The zero-order chi connectivity index (χ0) is 13.5. The molecule has 1 unspecified atom stereocenters. The zero-order valence-corrected chi connectivity index (χ0v) is 11.2. The Kier molecular flexibility index (Phi) is 4.58. The Bertz CT molecular complexity index is 489. The van der Waals surface area contributed by atoms with Crippen LogP contribution in [0.1, 0.15) is 19.8 Å². The van der Waals surface area contributed by atoms with Crippen LogP contribution in [0.5, 0.6) is 0 Å². The van der Waals surface area contributed by atoms with E-state index >= 15 is 0 Å². The van der Waals surface area contributed by atoms with Crippen molar-refractivity contribution < 1.29 is 0 Å². The number of anilines is 2. The van der Waals surface area contributed by atoms with E-state index in [0.29, 0.717) is 0 Å². The SMILES string of the molecule is CCCC(C#N)N(c1ccccc1)c1ccccc1. The maximum absolute atomic E-state index is 9.46. The van der Waals surface area contributed by atoms with E-state index in [2.05, 4.69) is 17.9 Å². The van der Waals surface area contributed by atoms with E-state index in [1.54, 1.807) is 0 Å². The summed E-state index contributed by atoms with van der Waals surface area (Å²) in [6.45, 7) is 2.11. The number of rotatable bonds is 5. The quantitative estimate of drug-likeness (QED) is 0.780. The highest BCUT2D eigenvalue weighted by atomic mass is 15.2. The van der Waals surface area contributed by atoms with Gasteiger partial charge >= 0.3 is 0 Å². The van der Waals surface area contributed by atoms with Crippen LogP contribution >= 0.6 is 0 Å². The van der Waals surface area contributed by atoms with Crippen molar-refractivity contribution in [3.63, 3.8) is 0 Å². The van der Waals surface area contributed by atoms with Crippen LogP contribution < -0.4 is 4.90 Å². The number of hydrogen-bond acceptors (Lipinski definition) is 2. The van der Waals surface area contributed by atoms with Crippen molar-refractivity contribution in [1.29, 1.82) is 5.26 Å². The van der Waals surface area contributed by atoms with Gasteiger partial charge in [0.1, 0.15) is 6.04 Å². The number of nitriles is 1. The number of nitrogens with zero attached hydrogens (tertiary/aromatic N) is 2. The predicted molar refractivity (Wildman–Crippen MR) is 79.3 cm³/mol. The van der Waals surface area contributed by atoms with Gasteiger partial charge in [0, 0.05) is 11.4 Å². The average molecular weight is 250 g/mol. The standard InChI is InChI=1S/C17H18N2/c1-2-9-17(14-18)19(15-10-5-3-6-11-15)16-12-7-4-8-13-16/h3-8,10-13,17H,2,9H2,1H3. The highest BCUT2D eigenvalue weighted by molar-refractivity contribution is 5.65. The lowest BCUT2D eigenvalue weighted by Crippen LogP contribution is -2.29. The molecule has 0 fully saturated rings. The van der Waals surface area contributed by atoms with Crippen LogP contribution in [0, 0.1) is 11.3 Å². The first-order chi connectivity index (χ1) is 9.36. The minimum absolute atomic E-state index is 0.130. The summed E-state index contributed by atoms with van der Waals surface area (Å²) in [5, 5.41) is 9.46. The lowest BCUT2D eigenvalue weighted by Gasteiger charge is -2.29. The van der Waals surface area contributed by atoms with Crippen molar-refractivity contribution in [3.05, 3.63) is 60.7 Å². The molecule has 2 aromatic carbocycles. The van der Waals surface area contributed by atoms with Crippen molar-refractivity contribution >= 4 is 11.4 Å². The number of benzene rings is 2. The second-order valence-corrected chi connectivity index (χ2v) is 4.47. The third-order valence-electron chi connectivity index (χ3n) is 3.09. The summed E-state index contributed by atoms with van der Waals surface area (Å²) in [4.78, 5) is 2.11. The topological polar surface area (TPSA) is 27.0 Å². The largest absolute Gasteiger partial charge is 0.325 e. The van der Waals surface area contributed by atoms with Crippen molar-refractivity contribution in [2.45, 2.75) is 25.8 Å². The van der Waals surface area contributed by atoms with Crippen LogP contribution in [0.25, 0.3) is 0 Å². The molecule has 0 saturated carbocycles. The van der Waals surface area contributed by atoms with E-state index in [4.69, 9.17) is 0 Å². The third-order valence-corrected chi connectivity index (χ3v) is 3.09. The molecule has 2 nitrogen and oxygen atoms in total. The van der Waals surface area contributed by atoms with Crippen LogP contribution in [-0.2, 0) is 0 Å². The van der Waals surface area contributed by atoms with Gasteiger partial charge in [0.05, 0.1) is 6.07 Å². The molecule has 0 radical (unpaired) electrons. The van der Waals surface area contributed by atoms with Crippen molar-refractivity contribution in [2.75, 3.05) is 4.90 Å². The van der Waals surface area contributed by atoms with Crippen molar-refractivity contribution in [2.24, 2.45) is 0 Å². The minimum atomic E-state index is -0.130. The van der Waals surface area contributed by atoms with Crippen LogP contribution in [0.4, 0.5) is 11.4 Å². The molecule has 2 aromatic rings. The molecule has 0 bridgehead atoms. The molecule has 0 N–H and O–H groups in total. The van der Waals surface area contributed by atoms with Gasteiger partial charge < -0.3 is 4.90 Å². The Hall–Kier alpha value is -2.27. The molecule has 1 atom stereocenters. The molecule has 96 valence electrons. The molecule has 0 aliphatic rings. The summed E-state index contributed by atoms with van der Waals surface area (Å²) in [5.74, 6) is 0. The summed E-state index contributed by atoms with van der Waals surface area (Å²) in [5.41, 5.74) is 2.13. The summed E-state index contributed by atoms with van der Waals surface area (Å²) in [7, 11) is 0. The van der Waals surface area contributed by atoms with Gasteiger partial charge in [-0.1, -0.05) is 49.7 Å². The smallest absolute Gasteiger partial charge is 0.121 e. The highest BCUT2D eigenvalue weighted by Gasteiger charge is 2.19. The van der Waals surface area contributed by atoms with Gasteiger partial charge in [0.2, 0.25) is 0 Å². The van der Waals surface area contributed by atoms with Gasteiger partial charge in [-0.25, -0.2) is 0 Å². The second-order valence-electron chi connectivity index (χ2n) is 4.47. The van der Waals surface area contributed by atoms with Gasteiger partial charge in [-0.3, -0.25) is 0 Å². The van der Waals surface area contributed by atoms with Gasteiger partial charge in [-0.05, 0) is 30.7 Å². The maximum atomic E-state index is 9.46. The Balaban J connectivity index is 2.42. The normalized spacial score (nSPS) is 11.6. The van der Waals surface area contributed by atoms with Gasteiger partial charge in [-0.2, -0.15) is 5.26 Å². The molecule has 0 heterocycles. The molecule has 2 rings (SSSR count). The molecule has 0 aliphatic heterocycles. The fourth-order valence-electron chi connectivity index (χ4n) is 2.21. The number of hydrogen-bond donors (Lipinski definition) is 0. The Morgan fingerprint density at radius 1 is 0.947 bits per heavy atom. The lowest BCUT2D eigenvalue weighted by atomic mass is 10.1. The van der Waals surface area contributed by atoms with Crippen LogP contribution in [0.3, 0.4) is 0 Å². The number of para-hydroxylation sites is 2. The second kappa shape index (κ2) is 6.61. The van der Waals surface area contributed by atoms with Gasteiger partial charge in [0.15, 0.2) is 0 Å². The van der Waals surface area contributed by atoms with Crippen LogP contribution in [0.2, 0.25) is 0 Å². The minimum Gasteiger partial charge on any atom is -0.325 e. The highest BCUT2D eigenvalue weighted by Crippen LogP contribution is 2.28. The zero-order valence-electron chi connectivity index (χ0n) is 11.2. The van der Waals surface area contributed by atoms with E-state index in [1.165, 1.54) is 0 Å². The lowest BCUT2D eigenvalue weighted by molar-refractivity contribution is 0.693. The van der Waals surface area contributed by atoms with E-state index in [9.17, 15) is 5.26 Å². The van der Waals surface area contributed by atoms with E-state index in [-0.39, 0.29) is 6.04 Å². The molecular weight excluding hydrogens is 232 g/mol. The fraction of sp³-hybridized carbons (Fsp3) is 0.235. The molecular formula is C17H18N2. The summed E-state index contributed by atoms with van der Waals surface area (Å²) >= 11 is 0. The van der Waals surface area contributed by atoms with Crippen LogP contribution in [0.15, 0.2) is 60.7 Å². The molecule has 2 heteroatoms. The average Bonchev–Trinajstić information content (AvgIpc) is 2.49. The first-order valence-electron chi connectivity index (χ1n) is 6.65. The summed E-state index contributed by atoms with van der Waals surface area (Å²) < 4.78 is 0. The van der Waals surface area contributed by atoms with E-state index < -0.39 is 0 Å². The summed E-state index contributed by atoms with van der Waals surface area (Å²) in [6, 6.07) is 22.5. The van der Waals surface area contributed by atoms with E-state index in [1.807, 2.05) is 60.7 Å². The molecule has 0 spiro atoms. The Morgan fingerprint density at radius 3 is 1.79 bits per heavy atom. The molecule has 19 heavy (non-hydrogen) atoms. The third kappa shape index (κ3) is 3.14. The molecule has 0 saturated heterocycles. The first kappa shape index (κ1) is 13.2. The summed E-state index contributed by atoms with van der Waals surface area (Å²) in [6.07, 6.45) is 1.86. The fourth-order valence-corrected chi connectivity index (χ4v) is 2.21. The van der Waals surface area contributed by atoms with Gasteiger partial charge in [0.25, 0.3) is 0 Å². The van der Waals surface area contributed by atoms with Crippen molar-refractivity contribution in [3.8, 4) is 6.07 Å². The Morgan fingerprint density at radius 2 is 1.42 bits per heavy atom.